The second kappa shape index (κ2) is 7.88. The predicted molar refractivity (Wildman–Crippen MR) is 82.6 cm³/mol. The average molecular weight is 304 g/mol. The summed E-state index contributed by atoms with van der Waals surface area (Å²) in [5.41, 5.74) is 2.26. The molecular weight excluding hydrogens is 282 g/mol. The Morgan fingerprint density at radius 2 is 2.16 bits per heavy atom. The van der Waals surface area contributed by atoms with E-state index in [4.69, 9.17) is 16.3 Å². The minimum atomic E-state index is -0.0611. The Kier molecular flexibility index (Phi) is 6.83. The summed E-state index contributed by atoms with van der Waals surface area (Å²) in [6.07, 6.45) is 1.84. The third-order valence-corrected chi connectivity index (χ3v) is 4.48. The van der Waals surface area contributed by atoms with E-state index in [1.165, 1.54) is 10.4 Å². The number of methoxy groups -OCH3 is 1. The van der Waals surface area contributed by atoms with Gasteiger partial charge in [0.05, 0.1) is 18.3 Å². The van der Waals surface area contributed by atoms with E-state index >= 15 is 0 Å². The Morgan fingerprint density at radius 3 is 2.63 bits per heavy atom. The lowest BCUT2D eigenvalue weighted by atomic mass is 10.1. The van der Waals surface area contributed by atoms with Crippen LogP contribution in [0.5, 0.6) is 0 Å². The number of halogens is 1. The predicted octanol–water partition coefficient (Wildman–Crippen LogP) is 3.48. The quantitative estimate of drug-likeness (QED) is 0.722. The summed E-state index contributed by atoms with van der Waals surface area (Å²) in [5, 5.41) is 2.14. The molecule has 1 heterocycles. The third-order valence-electron chi connectivity index (χ3n) is 3.09. The normalized spacial score (nSPS) is 12.5. The highest BCUT2D eigenvalue weighted by atomic mass is 35.5. The summed E-state index contributed by atoms with van der Waals surface area (Å²) in [5.74, 6) is -0.0649. The van der Waals surface area contributed by atoms with Crippen molar-refractivity contribution >= 4 is 34.5 Å². The minimum absolute atomic E-state index is 0.00376. The van der Waals surface area contributed by atoms with E-state index in [0.29, 0.717) is 6.61 Å². The van der Waals surface area contributed by atoms with Crippen LogP contribution < -0.4 is 4.90 Å². The fourth-order valence-electron chi connectivity index (χ4n) is 2.19. The van der Waals surface area contributed by atoms with Crippen molar-refractivity contribution in [1.82, 2.24) is 0 Å². The van der Waals surface area contributed by atoms with Crippen molar-refractivity contribution in [3.05, 3.63) is 15.8 Å². The molecule has 5 heteroatoms. The average Bonchev–Trinajstić information content (AvgIpc) is 2.81. The summed E-state index contributed by atoms with van der Waals surface area (Å²) >= 11 is 7.48. The fraction of sp³-hybridized carbons (Fsp3) is 0.643. The summed E-state index contributed by atoms with van der Waals surface area (Å²) in [4.78, 5) is 15.3. The van der Waals surface area contributed by atoms with Crippen LogP contribution in [-0.2, 0) is 22.4 Å². The molecule has 0 unspecified atom stereocenters. The van der Waals surface area contributed by atoms with Gasteiger partial charge in [-0.1, -0.05) is 13.8 Å². The molecule has 1 rings (SSSR count). The van der Waals surface area contributed by atoms with Gasteiger partial charge in [0, 0.05) is 12.0 Å². The van der Waals surface area contributed by atoms with Crippen LogP contribution in [0, 0.1) is 0 Å². The number of hydrogen-bond donors (Lipinski definition) is 0. The number of alkyl halides is 1. The molecule has 1 aromatic heterocycles. The number of anilines is 1. The van der Waals surface area contributed by atoms with E-state index < -0.39 is 0 Å². The largest absolute Gasteiger partial charge is 0.383 e. The number of nitrogens with zero attached hydrogens (tertiary/aromatic N) is 1. The first-order valence-electron chi connectivity index (χ1n) is 6.56. The molecule has 1 aromatic rings. The van der Waals surface area contributed by atoms with Crippen LogP contribution in [0.2, 0.25) is 0 Å². The molecule has 0 aliphatic heterocycles. The van der Waals surface area contributed by atoms with Gasteiger partial charge in [-0.15, -0.1) is 22.9 Å². The zero-order valence-corrected chi connectivity index (χ0v) is 13.6. The maximum atomic E-state index is 12.2. The molecule has 0 aromatic carbocycles. The van der Waals surface area contributed by atoms with Crippen LogP contribution in [0.15, 0.2) is 5.38 Å². The van der Waals surface area contributed by atoms with E-state index in [1.807, 2.05) is 11.8 Å². The summed E-state index contributed by atoms with van der Waals surface area (Å²) in [7, 11) is 1.65. The number of carbonyl (C=O) groups excluding carboxylic acids is 1. The van der Waals surface area contributed by atoms with Crippen molar-refractivity contribution in [2.75, 3.05) is 24.5 Å². The second-order valence-electron chi connectivity index (χ2n) is 4.44. The van der Waals surface area contributed by atoms with Crippen LogP contribution in [0.1, 0.15) is 31.2 Å². The number of ether oxygens (including phenoxy) is 1. The van der Waals surface area contributed by atoms with Crippen LogP contribution in [-0.4, -0.2) is 31.5 Å². The number of thiophene rings is 1. The molecule has 3 nitrogen and oxygen atoms in total. The fourth-order valence-corrected chi connectivity index (χ4v) is 3.39. The Balaban J connectivity index is 3.23. The van der Waals surface area contributed by atoms with E-state index in [1.54, 1.807) is 18.4 Å². The van der Waals surface area contributed by atoms with Crippen LogP contribution in [0.3, 0.4) is 0 Å². The molecule has 108 valence electrons. The molecule has 19 heavy (non-hydrogen) atoms. The van der Waals surface area contributed by atoms with Crippen molar-refractivity contribution in [2.24, 2.45) is 0 Å². The molecule has 0 radical (unpaired) electrons. The van der Waals surface area contributed by atoms with E-state index in [9.17, 15) is 4.79 Å². The molecule has 0 bridgehead atoms. The van der Waals surface area contributed by atoms with Crippen molar-refractivity contribution in [2.45, 2.75) is 39.7 Å². The summed E-state index contributed by atoms with van der Waals surface area (Å²) in [6.45, 7) is 6.71. The van der Waals surface area contributed by atoms with Crippen molar-refractivity contribution in [3.8, 4) is 0 Å². The molecule has 0 saturated carbocycles. The molecule has 0 aliphatic rings. The summed E-state index contributed by atoms with van der Waals surface area (Å²) in [6, 6.07) is -0.0125. The number of amides is 1. The van der Waals surface area contributed by atoms with Gasteiger partial charge < -0.3 is 9.64 Å². The molecule has 0 fully saturated rings. The minimum Gasteiger partial charge on any atom is -0.383 e. The number of carbonyl (C=O) groups is 1. The number of rotatable bonds is 7. The Morgan fingerprint density at radius 1 is 1.47 bits per heavy atom. The summed E-state index contributed by atoms with van der Waals surface area (Å²) < 4.78 is 5.19. The maximum absolute atomic E-state index is 12.2. The molecule has 0 saturated heterocycles. The molecule has 0 spiro atoms. The van der Waals surface area contributed by atoms with E-state index in [0.717, 1.165) is 18.5 Å². The van der Waals surface area contributed by atoms with Gasteiger partial charge in [0.1, 0.15) is 5.88 Å². The standard InChI is InChI=1S/C14H22ClNO2S/c1-5-11-9-19-12(6-2)14(11)16(13(17)7-15)10(3)8-18-4/h9-10H,5-8H2,1-4H3/t10-/m0/s1. The van der Waals surface area contributed by atoms with Gasteiger partial charge in [0.15, 0.2) is 0 Å². The SMILES string of the molecule is CCc1csc(CC)c1N(C(=O)CCl)[C@@H](C)COC. The second-order valence-corrected chi connectivity index (χ2v) is 5.67. The van der Waals surface area contributed by atoms with E-state index in [-0.39, 0.29) is 17.8 Å². The van der Waals surface area contributed by atoms with Crippen molar-refractivity contribution < 1.29 is 9.53 Å². The molecule has 0 aliphatic carbocycles. The van der Waals surface area contributed by atoms with Crippen LogP contribution in [0.4, 0.5) is 5.69 Å². The smallest absolute Gasteiger partial charge is 0.242 e. The highest BCUT2D eigenvalue weighted by Gasteiger charge is 2.26. The van der Waals surface area contributed by atoms with Crippen molar-refractivity contribution in [3.63, 3.8) is 0 Å². The maximum Gasteiger partial charge on any atom is 0.242 e. The van der Waals surface area contributed by atoms with Gasteiger partial charge in [0.25, 0.3) is 0 Å². The van der Waals surface area contributed by atoms with Gasteiger partial charge in [-0.25, -0.2) is 0 Å². The zero-order valence-electron chi connectivity index (χ0n) is 12.0. The Bertz CT molecular complexity index is 398. The molecule has 1 amide bonds. The highest BCUT2D eigenvalue weighted by Crippen LogP contribution is 2.34. The topological polar surface area (TPSA) is 29.5 Å². The molecular formula is C14H22ClNO2S. The lowest BCUT2D eigenvalue weighted by Gasteiger charge is -2.30. The monoisotopic (exact) mass is 303 g/mol. The first kappa shape index (κ1) is 16.5. The van der Waals surface area contributed by atoms with Gasteiger partial charge >= 0.3 is 0 Å². The van der Waals surface area contributed by atoms with Gasteiger partial charge in [0.2, 0.25) is 5.91 Å². The van der Waals surface area contributed by atoms with Crippen LogP contribution >= 0.6 is 22.9 Å². The number of aryl methyl sites for hydroxylation is 2. The third kappa shape index (κ3) is 3.71. The van der Waals surface area contributed by atoms with Gasteiger partial charge in [-0.3, -0.25) is 4.79 Å². The highest BCUT2D eigenvalue weighted by molar-refractivity contribution is 7.10. The molecule has 0 N–H and O–H groups in total. The first-order chi connectivity index (χ1) is 9.10. The molecule has 1 atom stereocenters. The van der Waals surface area contributed by atoms with Gasteiger partial charge in [-0.2, -0.15) is 0 Å². The van der Waals surface area contributed by atoms with Crippen LogP contribution in [0.25, 0.3) is 0 Å². The lowest BCUT2D eigenvalue weighted by molar-refractivity contribution is -0.116. The lowest BCUT2D eigenvalue weighted by Crippen LogP contribution is -2.42. The Hall–Kier alpha value is -0.580. The Labute approximate surface area is 124 Å². The van der Waals surface area contributed by atoms with Gasteiger partial charge in [-0.05, 0) is 30.7 Å². The van der Waals surface area contributed by atoms with Crippen molar-refractivity contribution in [1.29, 1.82) is 0 Å². The first-order valence-corrected chi connectivity index (χ1v) is 7.98. The number of hydrogen-bond acceptors (Lipinski definition) is 3. The van der Waals surface area contributed by atoms with E-state index in [2.05, 4.69) is 19.2 Å². The zero-order chi connectivity index (χ0) is 14.4.